The van der Waals surface area contributed by atoms with E-state index in [0.717, 1.165) is 35.1 Å². The number of benzene rings is 5. The van der Waals surface area contributed by atoms with E-state index in [9.17, 15) is 28.7 Å². The Morgan fingerprint density at radius 2 is 0.654 bits per heavy atom. The lowest BCUT2D eigenvalue weighted by molar-refractivity contribution is -0.213. The Morgan fingerprint density at radius 1 is 0.423 bits per heavy atom. The highest BCUT2D eigenvalue weighted by Crippen LogP contribution is 2.72. The molecule has 258 valence electrons. The van der Waals surface area contributed by atoms with E-state index in [-0.39, 0.29) is 35.2 Å². The van der Waals surface area contributed by atoms with Crippen LogP contribution in [0.3, 0.4) is 0 Å². The van der Waals surface area contributed by atoms with E-state index in [4.69, 9.17) is 9.05 Å². The maximum Gasteiger partial charge on any atom is 0.317 e. The Morgan fingerprint density at radius 3 is 0.904 bits per heavy atom. The summed E-state index contributed by atoms with van der Waals surface area (Å²) in [6.07, 6.45) is 3.21. The summed E-state index contributed by atoms with van der Waals surface area (Å²) in [7, 11) is -10.6. The van der Waals surface area contributed by atoms with Gasteiger partial charge in [-0.25, -0.2) is 0 Å². The minimum Gasteiger partial charge on any atom is -0.746 e. The monoisotopic (exact) mass is 724 g/mol. The van der Waals surface area contributed by atoms with Gasteiger partial charge in [0, 0.05) is 69.6 Å². The van der Waals surface area contributed by atoms with Crippen LogP contribution >= 0.6 is 15.6 Å². The predicted octanol–water partition coefficient (Wildman–Crippen LogP) is 7.29. The van der Waals surface area contributed by atoms with Gasteiger partial charge >= 0.3 is 15.6 Å². The Balaban J connectivity index is 1.03. The van der Waals surface area contributed by atoms with Crippen molar-refractivity contribution in [3.05, 3.63) is 162 Å². The van der Waals surface area contributed by atoms with Gasteiger partial charge in [-0.1, -0.05) is 72.8 Å². The zero-order chi connectivity index (χ0) is 34.7. The third-order valence-corrected chi connectivity index (χ3v) is 15.2. The van der Waals surface area contributed by atoms with Crippen molar-refractivity contribution >= 4 is 15.6 Å². The van der Waals surface area contributed by atoms with Crippen LogP contribution in [0.1, 0.15) is 162 Å². The third kappa shape index (κ3) is 3.46. The summed E-state index contributed by atoms with van der Waals surface area (Å²) in [6, 6.07) is 26.4. The average Bonchev–Trinajstić information content (AvgIpc) is 3.98. The first-order valence-electron chi connectivity index (χ1n) is 18.3. The Bertz CT molecular complexity index is 2340. The third-order valence-electron chi connectivity index (χ3n) is 14.3. The highest BCUT2D eigenvalue weighted by molar-refractivity contribution is 7.45. The van der Waals surface area contributed by atoms with Gasteiger partial charge in [-0.15, -0.1) is 0 Å². The van der Waals surface area contributed by atoms with Gasteiger partial charge in [-0.2, -0.15) is 0 Å². The zero-order valence-electron chi connectivity index (χ0n) is 27.6. The molecule has 10 heteroatoms. The van der Waals surface area contributed by atoms with E-state index in [1.165, 1.54) is 44.5 Å². The van der Waals surface area contributed by atoms with Crippen LogP contribution in [0.5, 0.6) is 11.5 Å². The average molecular weight is 725 g/mol. The van der Waals surface area contributed by atoms with Crippen LogP contribution in [0.4, 0.5) is 0 Å². The van der Waals surface area contributed by atoms with Crippen molar-refractivity contribution in [2.75, 3.05) is 0 Å². The molecule has 2 N–H and O–H groups in total. The Labute approximate surface area is 298 Å². The minimum atomic E-state index is -5.30. The maximum absolute atomic E-state index is 12.7. The molecule has 0 saturated heterocycles. The van der Waals surface area contributed by atoms with Gasteiger partial charge in [0.15, 0.2) is 0 Å². The summed E-state index contributed by atoms with van der Waals surface area (Å²) in [5, 5.41) is 0. The quantitative estimate of drug-likeness (QED) is 0.184. The van der Waals surface area contributed by atoms with Gasteiger partial charge in [0.1, 0.15) is 11.5 Å². The number of phosphoric ester groups is 2. The molecule has 0 saturated carbocycles. The summed E-state index contributed by atoms with van der Waals surface area (Å²) in [6.45, 7) is 0. The fraction of sp³-hybridized carbons (Fsp3) is 0.286. The molecule has 0 spiro atoms. The first-order valence-corrected chi connectivity index (χ1v) is 21.2. The van der Waals surface area contributed by atoms with Crippen molar-refractivity contribution in [1.82, 2.24) is 0 Å². The molecule has 8 aliphatic carbocycles. The molecule has 8 bridgehead atoms. The molecule has 0 aliphatic heterocycles. The SMILES string of the molecule is O=P([O-])(O)Oc1c2c(c(OP(=O)([O-])O)c3c1[C@H]1C[C@@H]3c3cc4c(cc31)[C@H]1C[C@@H]4c3ccccc31)[C@H]1C[C@@H]2c2cc3c(cc21)[C@H]1C[C@@H]3c2ccccc21. The van der Waals surface area contributed by atoms with Gasteiger partial charge in [0.25, 0.3) is 0 Å². The van der Waals surface area contributed by atoms with Crippen molar-refractivity contribution in [2.45, 2.75) is 73.0 Å². The van der Waals surface area contributed by atoms with E-state index in [1.54, 1.807) is 0 Å². The van der Waals surface area contributed by atoms with E-state index >= 15 is 0 Å². The van der Waals surface area contributed by atoms with Crippen molar-refractivity contribution in [2.24, 2.45) is 0 Å². The van der Waals surface area contributed by atoms with Crippen LogP contribution in [-0.4, -0.2) is 9.79 Å². The van der Waals surface area contributed by atoms with Gasteiger partial charge in [-0.05, 0) is 92.4 Å². The molecule has 5 aromatic carbocycles. The van der Waals surface area contributed by atoms with Gasteiger partial charge in [0.05, 0.1) is 0 Å². The fourth-order valence-electron chi connectivity index (χ4n) is 12.9. The molecule has 0 heterocycles. The summed E-state index contributed by atoms with van der Waals surface area (Å²) in [4.78, 5) is 46.1. The van der Waals surface area contributed by atoms with Crippen LogP contribution in [-0.2, 0) is 9.13 Å². The second-order valence-corrected chi connectivity index (χ2v) is 18.5. The number of phosphoric acid groups is 2. The Kier molecular flexibility index (Phi) is 5.21. The molecular weight excluding hydrogens is 694 g/mol. The lowest BCUT2D eigenvalue weighted by Crippen LogP contribution is -2.19. The molecule has 0 fully saturated rings. The second-order valence-electron chi connectivity index (χ2n) is 16.3. The molecule has 5 aromatic rings. The predicted molar refractivity (Wildman–Crippen MR) is 186 cm³/mol. The van der Waals surface area contributed by atoms with Crippen LogP contribution in [0, 0.1) is 0 Å². The van der Waals surface area contributed by atoms with Gasteiger partial charge < -0.3 is 28.6 Å². The minimum absolute atomic E-state index is 0.105. The van der Waals surface area contributed by atoms with Crippen molar-refractivity contribution < 1.29 is 37.8 Å². The summed E-state index contributed by atoms with van der Waals surface area (Å²) < 4.78 is 36.8. The molecule has 52 heavy (non-hydrogen) atoms. The second kappa shape index (κ2) is 9.19. The standard InChI is InChI=1S/C42H32O8P2/c43-51(44,45)49-41-37-33-15-34(30-12-26-22-9-21(25(26)11-29(30)33)17-5-1-2-6-18(17)22)38(37)42(50-52(46,47)48)40-36-16-35(39(40)41)31-13-27-23-10-24(28(27)14-32(31)36)20-8-4-3-7-19(20)23/h1-8,11-14,21-24,33-36H,9-10,15-16H2,(H2,43,44,45)(H2,46,47,48)/p-2/t21-,22+,23+,24-,33-,34+,35+,36-. The Hall–Kier alpha value is -4.00. The molecule has 0 aromatic heterocycles. The first kappa shape index (κ1) is 29.5. The molecule has 2 unspecified atom stereocenters. The lowest BCUT2D eigenvalue weighted by atomic mass is 9.74. The largest absolute Gasteiger partial charge is 0.746 e. The summed E-state index contributed by atoms with van der Waals surface area (Å²) >= 11 is 0. The van der Waals surface area contributed by atoms with E-state index in [1.807, 2.05) is 0 Å². The van der Waals surface area contributed by atoms with E-state index in [0.29, 0.717) is 58.8 Å². The first-order chi connectivity index (χ1) is 25.0. The smallest absolute Gasteiger partial charge is 0.317 e. The molecule has 8 aliphatic rings. The van der Waals surface area contributed by atoms with Crippen LogP contribution < -0.4 is 18.8 Å². The van der Waals surface area contributed by atoms with Gasteiger partial charge in [-0.3, -0.25) is 9.13 Å². The van der Waals surface area contributed by atoms with Crippen LogP contribution in [0.15, 0.2) is 72.8 Å². The number of fused-ring (bicyclic) bond motifs is 32. The summed E-state index contributed by atoms with van der Waals surface area (Å²) in [5.41, 5.74) is 17.2. The van der Waals surface area contributed by atoms with Crippen molar-refractivity contribution in [3.8, 4) is 11.5 Å². The van der Waals surface area contributed by atoms with E-state index < -0.39 is 15.6 Å². The van der Waals surface area contributed by atoms with Crippen LogP contribution in [0.25, 0.3) is 0 Å². The highest BCUT2D eigenvalue weighted by atomic mass is 31.2. The van der Waals surface area contributed by atoms with Crippen molar-refractivity contribution in [3.63, 3.8) is 0 Å². The molecular formula is C42H30O8P2-2. The van der Waals surface area contributed by atoms with Crippen LogP contribution in [0.2, 0.25) is 0 Å². The molecule has 10 atom stereocenters. The topological polar surface area (TPSA) is 139 Å². The fourth-order valence-corrected chi connectivity index (χ4v) is 13.7. The summed E-state index contributed by atoms with van der Waals surface area (Å²) in [5.74, 6) is 0.229. The van der Waals surface area contributed by atoms with Gasteiger partial charge in [0.2, 0.25) is 0 Å². The lowest BCUT2D eigenvalue weighted by Gasteiger charge is -2.35. The highest BCUT2D eigenvalue weighted by Gasteiger charge is 2.55. The molecule has 13 rings (SSSR count). The number of rotatable bonds is 4. The van der Waals surface area contributed by atoms with Crippen molar-refractivity contribution in [1.29, 1.82) is 0 Å². The molecule has 8 nitrogen and oxygen atoms in total. The molecule has 0 amide bonds. The van der Waals surface area contributed by atoms with E-state index in [2.05, 4.69) is 72.8 Å². The normalized spacial score (nSPS) is 30.8. The zero-order valence-corrected chi connectivity index (χ0v) is 29.4. The maximum atomic E-state index is 12.7. The number of hydrogen-bond acceptors (Lipinski definition) is 6. The molecule has 0 radical (unpaired) electrons. The number of hydrogen-bond donors (Lipinski definition) is 2.